The Hall–Kier alpha value is -2.96. The predicted molar refractivity (Wildman–Crippen MR) is 101 cm³/mol. The number of aromatic nitrogens is 3. The number of hydrogen-bond donors (Lipinski definition) is 1. The van der Waals surface area contributed by atoms with Gasteiger partial charge in [0.1, 0.15) is 5.69 Å². The molecule has 1 atom stereocenters. The second-order valence-electron chi connectivity index (χ2n) is 7.33. The molecule has 0 bridgehead atoms. The van der Waals surface area contributed by atoms with Gasteiger partial charge in [-0.3, -0.25) is 9.59 Å². The van der Waals surface area contributed by atoms with Crippen molar-refractivity contribution in [2.75, 3.05) is 13.1 Å². The molecule has 0 aliphatic carbocycles. The minimum absolute atomic E-state index is 0.0473. The number of carbonyl (C=O) groups is 1. The molecule has 1 aliphatic rings. The van der Waals surface area contributed by atoms with Crippen molar-refractivity contribution < 1.29 is 9.32 Å². The maximum Gasteiger partial charge on any atom is 0.270 e. The highest BCUT2D eigenvalue weighted by Gasteiger charge is 2.29. The summed E-state index contributed by atoms with van der Waals surface area (Å²) in [6.45, 7) is 5.18. The summed E-state index contributed by atoms with van der Waals surface area (Å²) in [5.41, 5.74) is 0.831. The summed E-state index contributed by atoms with van der Waals surface area (Å²) in [6.07, 6.45) is 1.77. The number of nitrogens with zero attached hydrogens (tertiary/aromatic N) is 3. The number of hydrogen-bond acceptors (Lipinski definition) is 5. The average molecular weight is 366 g/mol. The molecular weight excluding hydrogens is 344 g/mol. The molecule has 2 aromatic heterocycles. The SMILES string of the molecule is CC(C)c1nc([C@H]2CCCN(C(=O)c3cc(=O)c4ccccc4[nH]3)C2)no1. The Bertz CT molecular complexity index is 1040. The lowest BCUT2D eigenvalue weighted by molar-refractivity contribution is 0.0698. The van der Waals surface area contributed by atoms with Gasteiger partial charge < -0.3 is 14.4 Å². The molecule has 1 N–H and O–H groups in total. The third-order valence-corrected chi connectivity index (χ3v) is 4.99. The molecule has 0 spiro atoms. The van der Waals surface area contributed by atoms with Crippen LogP contribution in [0.25, 0.3) is 10.9 Å². The zero-order valence-corrected chi connectivity index (χ0v) is 15.4. The Labute approximate surface area is 156 Å². The van der Waals surface area contributed by atoms with Crippen molar-refractivity contribution >= 4 is 16.8 Å². The van der Waals surface area contributed by atoms with E-state index in [1.807, 2.05) is 26.0 Å². The quantitative estimate of drug-likeness (QED) is 0.769. The lowest BCUT2D eigenvalue weighted by Crippen LogP contribution is -2.40. The van der Waals surface area contributed by atoms with E-state index in [-0.39, 0.29) is 23.2 Å². The van der Waals surface area contributed by atoms with Crippen LogP contribution < -0.4 is 5.43 Å². The summed E-state index contributed by atoms with van der Waals surface area (Å²) in [5.74, 6) is 1.33. The molecule has 0 saturated carbocycles. The van der Waals surface area contributed by atoms with E-state index in [0.29, 0.717) is 41.4 Å². The number of benzene rings is 1. The van der Waals surface area contributed by atoms with Gasteiger partial charge in [0.15, 0.2) is 11.3 Å². The second-order valence-corrected chi connectivity index (χ2v) is 7.33. The summed E-state index contributed by atoms with van der Waals surface area (Å²) in [4.78, 5) is 34.6. The van der Waals surface area contributed by atoms with Gasteiger partial charge in [0.25, 0.3) is 5.91 Å². The van der Waals surface area contributed by atoms with Gasteiger partial charge >= 0.3 is 0 Å². The van der Waals surface area contributed by atoms with E-state index in [0.717, 1.165) is 12.8 Å². The summed E-state index contributed by atoms with van der Waals surface area (Å²) in [6, 6.07) is 8.59. The van der Waals surface area contributed by atoms with Crippen LogP contribution >= 0.6 is 0 Å². The van der Waals surface area contributed by atoms with Gasteiger partial charge in [-0.15, -0.1) is 0 Å². The molecule has 1 amide bonds. The van der Waals surface area contributed by atoms with Crippen LogP contribution in [0.5, 0.6) is 0 Å². The van der Waals surface area contributed by atoms with E-state index in [2.05, 4.69) is 15.1 Å². The maximum atomic E-state index is 13.0. The van der Waals surface area contributed by atoms with Gasteiger partial charge in [-0.2, -0.15) is 4.98 Å². The lowest BCUT2D eigenvalue weighted by atomic mass is 9.97. The Morgan fingerprint density at radius 2 is 2.15 bits per heavy atom. The summed E-state index contributed by atoms with van der Waals surface area (Å²) in [5, 5.41) is 4.68. The van der Waals surface area contributed by atoms with Crippen molar-refractivity contribution in [3.05, 3.63) is 58.0 Å². The van der Waals surface area contributed by atoms with Crippen LogP contribution in [0.2, 0.25) is 0 Å². The van der Waals surface area contributed by atoms with Crippen LogP contribution in [0.15, 0.2) is 39.6 Å². The van der Waals surface area contributed by atoms with Gasteiger partial charge in [0, 0.05) is 41.9 Å². The molecule has 1 aromatic carbocycles. The fourth-order valence-electron chi connectivity index (χ4n) is 3.50. The third kappa shape index (κ3) is 3.37. The van der Waals surface area contributed by atoms with Gasteiger partial charge in [0.05, 0.1) is 0 Å². The van der Waals surface area contributed by atoms with Crippen LogP contribution in [0, 0.1) is 0 Å². The van der Waals surface area contributed by atoms with Crippen molar-refractivity contribution in [2.45, 2.75) is 38.5 Å². The monoisotopic (exact) mass is 366 g/mol. The summed E-state index contributed by atoms with van der Waals surface area (Å²) >= 11 is 0. The number of fused-ring (bicyclic) bond motifs is 1. The molecule has 1 aliphatic heterocycles. The number of piperidine rings is 1. The number of aromatic amines is 1. The molecule has 4 rings (SSSR count). The van der Waals surface area contributed by atoms with E-state index in [9.17, 15) is 9.59 Å². The number of likely N-dealkylation sites (tertiary alicyclic amines) is 1. The number of carbonyl (C=O) groups excluding carboxylic acids is 1. The van der Waals surface area contributed by atoms with Crippen LogP contribution in [0.3, 0.4) is 0 Å². The summed E-state index contributed by atoms with van der Waals surface area (Å²) in [7, 11) is 0. The number of amides is 1. The molecule has 0 radical (unpaired) electrons. The van der Waals surface area contributed by atoms with Crippen LogP contribution in [0.4, 0.5) is 0 Å². The van der Waals surface area contributed by atoms with Crippen molar-refractivity contribution in [1.82, 2.24) is 20.0 Å². The highest BCUT2D eigenvalue weighted by atomic mass is 16.5. The molecular formula is C20H22N4O3. The smallest absolute Gasteiger partial charge is 0.270 e. The first-order valence-corrected chi connectivity index (χ1v) is 9.28. The first-order chi connectivity index (χ1) is 13.0. The first-order valence-electron chi connectivity index (χ1n) is 9.28. The molecule has 1 fully saturated rings. The minimum atomic E-state index is -0.171. The van der Waals surface area contributed by atoms with E-state index < -0.39 is 0 Å². The molecule has 0 unspecified atom stereocenters. The van der Waals surface area contributed by atoms with E-state index in [4.69, 9.17) is 4.52 Å². The van der Waals surface area contributed by atoms with Gasteiger partial charge in [0.2, 0.25) is 5.89 Å². The second kappa shape index (κ2) is 6.98. The molecule has 7 nitrogen and oxygen atoms in total. The lowest BCUT2D eigenvalue weighted by Gasteiger charge is -2.31. The van der Waals surface area contributed by atoms with Gasteiger partial charge in [-0.1, -0.05) is 31.1 Å². The predicted octanol–water partition coefficient (Wildman–Crippen LogP) is 3.05. The van der Waals surface area contributed by atoms with Crippen LogP contribution in [-0.2, 0) is 0 Å². The number of nitrogens with one attached hydrogen (secondary N) is 1. The molecule has 3 aromatic rings. The molecule has 140 valence electrons. The number of rotatable bonds is 3. The number of H-pyrrole nitrogens is 1. The van der Waals surface area contributed by atoms with Crippen molar-refractivity contribution in [1.29, 1.82) is 0 Å². The topological polar surface area (TPSA) is 92.1 Å². The van der Waals surface area contributed by atoms with Gasteiger partial charge in [-0.05, 0) is 25.0 Å². The minimum Gasteiger partial charge on any atom is -0.350 e. The van der Waals surface area contributed by atoms with Gasteiger partial charge in [-0.25, -0.2) is 0 Å². The average Bonchev–Trinajstić information content (AvgIpc) is 3.18. The highest BCUT2D eigenvalue weighted by molar-refractivity contribution is 5.95. The zero-order valence-electron chi connectivity index (χ0n) is 15.4. The van der Waals surface area contributed by atoms with E-state index >= 15 is 0 Å². The molecule has 27 heavy (non-hydrogen) atoms. The number of pyridine rings is 1. The Morgan fingerprint density at radius 1 is 1.33 bits per heavy atom. The van der Waals surface area contributed by atoms with E-state index in [1.165, 1.54) is 6.07 Å². The fourth-order valence-corrected chi connectivity index (χ4v) is 3.50. The van der Waals surface area contributed by atoms with Crippen LogP contribution in [-0.4, -0.2) is 39.0 Å². The fraction of sp³-hybridized carbons (Fsp3) is 0.400. The number of para-hydroxylation sites is 1. The van der Waals surface area contributed by atoms with Crippen molar-refractivity contribution in [3.8, 4) is 0 Å². The first kappa shape index (κ1) is 17.5. The molecule has 7 heteroatoms. The molecule has 1 saturated heterocycles. The highest BCUT2D eigenvalue weighted by Crippen LogP contribution is 2.27. The zero-order chi connectivity index (χ0) is 19.0. The normalized spacial score (nSPS) is 17.6. The molecule has 3 heterocycles. The standard InChI is InChI=1S/C20H22N4O3/c1-12(2)19-22-18(23-27-19)13-6-5-9-24(11-13)20(26)16-10-17(25)14-7-3-4-8-15(14)21-16/h3-4,7-8,10,12-13H,5-6,9,11H2,1-2H3,(H,21,25)/t13-/m0/s1. The maximum absolute atomic E-state index is 13.0. The third-order valence-electron chi connectivity index (χ3n) is 4.99. The Balaban J connectivity index is 1.57. The van der Waals surface area contributed by atoms with Crippen LogP contribution in [0.1, 0.15) is 60.7 Å². The van der Waals surface area contributed by atoms with Crippen molar-refractivity contribution in [3.63, 3.8) is 0 Å². The Kier molecular flexibility index (Phi) is 4.51. The summed E-state index contributed by atoms with van der Waals surface area (Å²) < 4.78 is 5.31. The van der Waals surface area contributed by atoms with E-state index in [1.54, 1.807) is 17.0 Å². The largest absolute Gasteiger partial charge is 0.350 e. The van der Waals surface area contributed by atoms with Crippen molar-refractivity contribution in [2.24, 2.45) is 0 Å². The Morgan fingerprint density at radius 3 is 2.93 bits per heavy atom.